The lowest BCUT2D eigenvalue weighted by atomic mass is 10.2. The van der Waals surface area contributed by atoms with Gasteiger partial charge in [0.05, 0.1) is 12.3 Å². The van der Waals surface area contributed by atoms with E-state index in [1.165, 1.54) is 11.8 Å². The zero-order chi connectivity index (χ0) is 19.3. The normalized spacial score (nSPS) is 10.1. The van der Waals surface area contributed by atoms with Gasteiger partial charge in [0.2, 0.25) is 6.08 Å². The van der Waals surface area contributed by atoms with Gasteiger partial charge in [0, 0.05) is 30.7 Å². The quantitative estimate of drug-likeness (QED) is 0.294. The molecule has 0 unspecified atom stereocenters. The molecule has 0 aliphatic heterocycles. The summed E-state index contributed by atoms with van der Waals surface area (Å²) in [5.74, 6) is 0. The summed E-state index contributed by atoms with van der Waals surface area (Å²) in [6, 6.07) is 12.9. The number of aliphatic imine (C=N–C) groups is 1. The third-order valence-electron chi connectivity index (χ3n) is 4.21. The minimum absolute atomic E-state index is 0.401. The molecule has 0 saturated heterocycles. The molecule has 2 rings (SSSR count). The van der Waals surface area contributed by atoms with Gasteiger partial charge in [-0.2, -0.15) is 4.99 Å². The zero-order valence-corrected chi connectivity index (χ0v) is 15.7. The first-order chi connectivity index (χ1) is 13.2. The van der Waals surface area contributed by atoms with Crippen molar-refractivity contribution >= 4 is 23.5 Å². The van der Waals surface area contributed by atoms with E-state index in [4.69, 9.17) is 4.74 Å². The van der Waals surface area contributed by atoms with Gasteiger partial charge in [-0.05, 0) is 43.5 Å². The van der Waals surface area contributed by atoms with Crippen LogP contribution in [0.2, 0.25) is 0 Å². The molecule has 1 heterocycles. The molecular formula is C21H26N3O3+. The summed E-state index contributed by atoms with van der Waals surface area (Å²) in [5.41, 5.74) is 2.43. The van der Waals surface area contributed by atoms with E-state index in [0.29, 0.717) is 18.0 Å². The predicted molar refractivity (Wildman–Crippen MR) is 104 cm³/mol. The predicted octanol–water partition coefficient (Wildman–Crippen LogP) is 4.31. The van der Waals surface area contributed by atoms with E-state index in [9.17, 15) is 9.59 Å². The molecule has 1 amide bonds. The number of amides is 1. The summed E-state index contributed by atoms with van der Waals surface area (Å²) < 4.78 is 7.49. The lowest BCUT2D eigenvalue weighted by Gasteiger charge is -2.07. The molecule has 0 aliphatic carbocycles. The molecule has 142 valence electrons. The number of isocyanates is 1. The molecule has 1 N–H and O–H groups in total. The molecule has 0 saturated carbocycles. The Labute approximate surface area is 159 Å². The average molecular weight is 368 g/mol. The van der Waals surface area contributed by atoms with Crippen molar-refractivity contribution in [3.63, 3.8) is 0 Å². The van der Waals surface area contributed by atoms with Gasteiger partial charge in [0.1, 0.15) is 6.54 Å². The number of nitrogens with zero attached hydrogens (tertiary/aromatic N) is 2. The molecule has 0 aliphatic rings. The monoisotopic (exact) mass is 368 g/mol. The van der Waals surface area contributed by atoms with Crippen LogP contribution in [0.5, 0.6) is 0 Å². The van der Waals surface area contributed by atoms with E-state index in [-0.39, 0.29) is 0 Å². The van der Waals surface area contributed by atoms with E-state index in [2.05, 4.69) is 46.2 Å². The van der Waals surface area contributed by atoms with E-state index in [1.54, 1.807) is 24.3 Å². The average Bonchev–Trinajstić information content (AvgIpc) is 2.69. The minimum atomic E-state index is -0.478. The highest BCUT2D eigenvalue weighted by atomic mass is 16.5. The van der Waals surface area contributed by atoms with Crippen molar-refractivity contribution in [2.24, 2.45) is 4.99 Å². The fourth-order valence-electron chi connectivity index (χ4n) is 2.78. The molecule has 1 aromatic heterocycles. The van der Waals surface area contributed by atoms with Crippen LogP contribution in [0.15, 0.2) is 53.7 Å². The second kappa shape index (κ2) is 11.6. The summed E-state index contributed by atoms with van der Waals surface area (Å²) in [6.07, 6.45) is 8.26. The number of rotatable bonds is 10. The summed E-state index contributed by atoms with van der Waals surface area (Å²) in [4.78, 5) is 25.4. The van der Waals surface area contributed by atoms with Crippen LogP contribution in [0.4, 0.5) is 16.2 Å². The first-order valence-corrected chi connectivity index (χ1v) is 9.32. The molecule has 0 fully saturated rings. The fraction of sp³-hybridized carbons (Fsp3) is 0.381. The molecule has 2 aromatic rings. The maximum Gasteiger partial charge on any atom is 0.411 e. The fourth-order valence-corrected chi connectivity index (χ4v) is 2.78. The van der Waals surface area contributed by atoms with E-state index >= 15 is 0 Å². The number of nitrogens with one attached hydrogen (secondary N) is 1. The number of unbranched alkanes of at least 4 members (excludes halogenated alkanes) is 3. The Morgan fingerprint density at radius 1 is 1.11 bits per heavy atom. The van der Waals surface area contributed by atoms with Gasteiger partial charge < -0.3 is 4.74 Å². The van der Waals surface area contributed by atoms with E-state index in [0.717, 1.165) is 38.6 Å². The number of carbonyl (C=O) groups excluding carboxylic acids is 2. The van der Waals surface area contributed by atoms with Gasteiger partial charge in [0.25, 0.3) is 0 Å². The standard InChI is InChI=1S/C21H25N3O3/c1-2-20-9-5-7-15-24(20)14-6-3-4-8-16-27-21(26)23-19-12-10-18(11-13-19)22-17-25/h5,7,9-13,15H,2-4,6,8,14,16H2,1H3/p+1. The molecule has 6 nitrogen and oxygen atoms in total. The smallest absolute Gasteiger partial charge is 0.411 e. The molecule has 6 heteroatoms. The Kier molecular flexibility index (Phi) is 8.74. The van der Waals surface area contributed by atoms with Crippen molar-refractivity contribution in [1.82, 2.24) is 0 Å². The van der Waals surface area contributed by atoms with Crippen molar-refractivity contribution < 1.29 is 18.9 Å². The Morgan fingerprint density at radius 2 is 1.89 bits per heavy atom. The van der Waals surface area contributed by atoms with Gasteiger partial charge >= 0.3 is 6.09 Å². The second-order valence-corrected chi connectivity index (χ2v) is 6.16. The van der Waals surface area contributed by atoms with E-state index < -0.39 is 6.09 Å². The van der Waals surface area contributed by atoms with E-state index in [1.807, 2.05) is 0 Å². The van der Waals surface area contributed by atoms with Gasteiger partial charge in [-0.1, -0.05) is 13.0 Å². The zero-order valence-electron chi connectivity index (χ0n) is 15.7. The summed E-state index contributed by atoms with van der Waals surface area (Å²) >= 11 is 0. The van der Waals surface area contributed by atoms with Gasteiger partial charge in [-0.3, -0.25) is 5.32 Å². The van der Waals surface area contributed by atoms with Crippen molar-refractivity contribution in [3.8, 4) is 0 Å². The number of hydrogen-bond donors (Lipinski definition) is 1. The van der Waals surface area contributed by atoms with Crippen molar-refractivity contribution in [2.45, 2.75) is 45.6 Å². The Morgan fingerprint density at radius 3 is 2.63 bits per heavy atom. The number of carbonyl (C=O) groups is 1. The molecule has 0 radical (unpaired) electrons. The van der Waals surface area contributed by atoms with Crippen LogP contribution in [0, 0.1) is 0 Å². The van der Waals surface area contributed by atoms with Gasteiger partial charge in [-0.25, -0.2) is 14.2 Å². The van der Waals surface area contributed by atoms with Crippen LogP contribution in [0.25, 0.3) is 0 Å². The highest BCUT2D eigenvalue weighted by molar-refractivity contribution is 5.84. The van der Waals surface area contributed by atoms with Crippen molar-refractivity contribution in [1.29, 1.82) is 0 Å². The number of aryl methyl sites for hydroxylation is 2. The minimum Gasteiger partial charge on any atom is -0.449 e. The largest absolute Gasteiger partial charge is 0.449 e. The number of ether oxygens (including phenoxy) is 1. The third kappa shape index (κ3) is 7.42. The molecule has 1 aromatic carbocycles. The van der Waals surface area contributed by atoms with Crippen LogP contribution in [0.3, 0.4) is 0 Å². The maximum absolute atomic E-state index is 11.7. The lowest BCUT2D eigenvalue weighted by molar-refractivity contribution is -0.704. The number of anilines is 1. The summed E-state index contributed by atoms with van der Waals surface area (Å²) in [7, 11) is 0. The molecule has 0 spiro atoms. The second-order valence-electron chi connectivity index (χ2n) is 6.16. The van der Waals surface area contributed by atoms with Crippen molar-refractivity contribution in [3.05, 3.63) is 54.4 Å². The maximum atomic E-state index is 11.7. The Bertz CT molecular complexity index is 768. The van der Waals surface area contributed by atoms with Gasteiger partial charge in [0.15, 0.2) is 11.9 Å². The SMILES string of the molecule is CCc1cccc[n+]1CCCCCCOC(=O)Nc1ccc(N=C=O)cc1. The highest BCUT2D eigenvalue weighted by Gasteiger charge is 2.07. The van der Waals surface area contributed by atoms with Gasteiger partial charge in [-0.15, -0.1) is 0 Å². The number of hydrogen-bond acceptors (Lipinski definition) is 4. The third-order valence-corrected chi connectivity index (χ3v) is 4.21. The van der Waals surface area contributed by atoms with Crippen LogP contribution in [-0.2, 0) is 22.5 Å². The number of aromatic nitrogens is 1. The first kappa shape index (κ1) is 20.3. The van der Waals surface area contributed by atoms with Crippen LogP contribution in [-0.4, -0.2) is 18.8 Å². The Hall–Kier alpha value is -2.98. The number of pyridine rings is 1. The van der Waals surface area contributed by atoms with Crippen LogP contribution in [0.1, 0.15) is 38.3 Å². The lowest BCUT2D eigenvalue weighted by Crippen LogP contribution is -2.37. The topological polar surface area (TPSA) is 71.6 Å². The summed E-state index contributed by atoms with van der Waals surface area (Å²) in [6.45, 7) is 3.59. The van der Waals surface area contributed by atoms with Crippen LogP contribution >= 0.6 is 0 Å². The first-order valence-electron chi connectivity index (χ1n) is 9.32. The number of benzene rings is 1. The van der Waals surface area contributed by atoms with Crippen molar-refractivity contribution in [2.75, 3.05) is 11.9 Å². The molecule has 0 atom stereocenters. The molecule has 0 bridgehead atoms. The van der Waals surface area contributed by atoms with Crippen LogP contribution < -0.4 is 9.88 Å². The summed E-state index contributed by atoms with van der Waals surface area (Å²) in [5, 5.41) is 2.64. The molecule has 27 heavy (non-hydrogen) atoms. The Balaban J connectivity index is 1.57. The molecular weight excluding hydrogens is 342 g/mol. The highest BCUT2D eigenvalue weighted by Crippen LogP contribution is 2.15.